The highest BCUT2D eigenvalue weighted by atomic mass is 16.3. The molecule has 0 aromatic heterocycles. The van der Waals surface area contributed by atoms with Gasteiger partial charge in [-0.1, -0.05) is 18.2 Å². The number of nitrogens with zero attached hydrogens (tertiary/aromatic N) is 2. The summed E-state index contributed by atoms with van der Waals surface area (Å²) in [7, 11) is 0. The van der Waals surface area contributed by atoms with E-state index in [-0.39, 0.29) is 6.61 Å². The molecule has 4 nitrogen and oxygen atoms in total. The molecule has 1 heterocycles. The Morgan fingerprint density at radius 3 is 2.50 bits per heavy atom. The van der Waals surface area contributed by atoms with Crippen molar-refractivity contribution in [3.05, 3.63) is 29.8 Å². The van der Waals surface area contributed by atoms with E-state index in [2.05, 4.69) is 9.80 Å². The third-order valence-electron chi connectivity index (χ3n) is 3.48. The summed E-state index contributed by atoms with van der Waals surface area (Å²) in [4.78, 5) is 4.66. The van der Waals surface area contributed by atoms with E-state index in [1.165, 1.54) is 0 Å². The number of β-amino-alcohol motifs (C(OH)–C–C–N with tert-alkyl or cyclic N) is 1. The molecule has 1 fully saturated rings. The second-order valence-electron chi connectivity index (χ2n) is 4.82. The summed E-state index contributed by atoms with van der Waals surface area (Å²) in [6.07, 6.45) is 1.12. The Bertz CT molecular complexity index is 371. The lowest BCUT2D eigenvalue weighted by atomic mass is 10.2. The third kappa shape index (κ3) is 3.70. The lowest BCUT2D eigenvalue weighted by Crippen LogP contribution is -2.32. The van der Waals surface area contributed by atoms with Crippen LogP contribution in [0.2, 0.25) is 0 Å². The van der Waals surface area contributed by atoms with Crippen molar-refractivity contribution in [1.29, 1.82) is 0 Å². The molecule has 18 heavy (non-hydrogen) atoms. The van der Waals surface area contributed by atoms with Gasteiger partial charge in [-0.2, -0.15) is 0 Å². The zero-order chi connectivity index (χ0) is 12.8. The molecule has 0 radical (unpaired) electrons. The van der Waals surface area contributed by atoms with E-state index >= 15 is 0 Å². The maximum Gasteiger partial charge on any atom is 0.120 e. The van der Waals surface area contributed by atoms with Crippen molar-refractivity contribution in [1.82, 2.24) is 9.80 Å². The summed E-state index contributed by atoms with van der Waals surface area (Å²) in [6.45, 7) is 5.90. The highest BCUT2D eigenvalue weighted by Gasteiger charge is 2.15. The molecule has 0 atom stereocenters. The van der Waals surface area contributed by atoms with Gasteiger partial charge in [0.15, 0.2) is 0 Å². The molecule has 100 valence electrons. The average Bonchev–Trinajstić information content (AvgIpc) is 2.59. The maximum atomic E-state index is 9.78. The predicted molar refractivity (Wildman–Crippen MR) is 71.5 cm³/mol. The maximum absolute atomic E-state index is 9.78. The van der Waals surface area contributed by atoms with Crippen LogP contribution in [-0.4, -0.2) is 59.3 Å². The zero-order valence-electron chi connectivity index (χ0n) is 10.8. The molecule has 1 aliphatic rings. The molecule has 0 bridgehead atoms. The Balaban J connectivity index is 1.89. The highest BCUT2D eigenvalue weighted by molar-refractivity contribution is 5.31. The van der Waals surface area contributed by atoms with Gasteiger partial charge in [-0.05, 0) is 25.6 Å². The molecule has 1 aromatic rings. The lowest BCUT2D eigenvalue weighted by molar-refractivity contribution is 0.195. The van der Waals surface area contributed by atoms with E-state index in [9.17, 15) is 5.11 Å². The van der Waals surface area contributed by atoms with Gasteiger partial charge in [-0.25, -0.2) is 0 Å². The van der Waals surface area contributed by atoms with Gasteiger partial charge < -0.3 is 10.2 Å². The Morgan fingerprint density at radius 2 is 1.72 bits per heavy atom. The van der Waals surface area contributed by atoms with E-state index in [0.29, 0.717) is 5.75 Å². The number of aliphatic hydroxyl groups excluding tert-OH is 1. The van der Waals surface area contributed by atoms with Crippen molar-refractivity contribution >= 4 is 0 Å². The second-order valence-corrected chi connectivity index (χ2v) is 4.82. The van der Waals surface area contributed by atoms with Crippen LogP contribution in [0.3, 0.4) is 0 Å². The molecule has 4 heteroatoms. The van der Waals surface area contributed by atoms with Gasteiger partial charge in [0.25, 0.3) is 0 Å². The number of benzene rings is 1. The first-order chi connectivity index (χ1) is 8.79. The molecular weight excluding hydrogens is 228 g/mol. The minimum Gasteiger partial charge on any atom is -0.508 e. The number of hydrogen-bond donors (Lipinski definition) is 2. The first kappa shape index (κ1) is 13.3. The van der Waals surface area contributed by atoms with Crippen LogP contribution in [-0.2, 0) is 6.54 Å². The minimum absolute atomic E-state index is 0.236. The van der Waals surface area contributed by atoms with Gasteiger partial charge in [-0.3, -0.25) is 9.80 Å². The number of hydrogen-bond acceptors (Lipinski definition) is 4. The SMILES string of the molecule is OCCN1CCCN(Cc2ccccc2O)CC1. The quantitative estimate of drug-likeness (QED) is 0.833. The summed E-state index contributed by atoms with van der Waals surface area (Å²) in [5, 5.41) is 18.7. The van der Waals surface area contributed by atoms with Gasteiger partial charge in [0, 0.05) is 31.7 Å². The number of para-hydroxylation sites is 1. The molecule has 1 aromatic carbocycles. The Morgan fingerprint density at radius 1 is 1.00 bits per heavy atom. The van der Waals surface area contributed by atoms with Crippen LogP contribution < -0.4 is 0 Å². The molecule has 2 rings (SSSR count). The van der Waals surface area contributed by atoms with Crippen molar-refractivity contribution < 1.29 is 10.2 Å². The Hall–Kier alpha value is -1.10. The normalized spacial score (nSPS) is 18.7. The molecule has 0 unspecified atom stereocenters. The van der Waals surface area contributed by atoms with Crippen LogP contribution in [0.4, 0.5) is 0 Å². The summed E-state index contributed by atoms with van der Waals surface area (Å²) >= 11 is 0. The number of aromatic hydroxyl groups is 1. The second kappa shape index (κ2) is 6.73. The largest absolute Gasteiger partial charge is 0.508 e. The fourth-order valence-corrected chi connectivity index (χ4v) is 2.43. The molecule has 0 aliphatic carbocycles. The smallest absolute Gasteiger partial charge is 0.120 e. The number of aliphatic hydroxyl groups is 1. The van der Waals surface area contributed by atoms with Crippen LogP contribution in [0.25, 0.3) is 0 Å². The summed E-state index contributed by atoms with van der Waals surface area (Å²) < 4.78 is 0. The van der Waals surface area contributed by atoms with E-state index in [4.69, 9.17) is 5.11 Å². The van der Waals surface area contributed by atoms with Gasteiger partial charge >= 0.3 is 0 Å². The molecule has 0 saturated carbocycles. The van der Waals surface area contributed by atoms with Crippen LogP contribution in [0.15, 0.2) is 24.3 Å². The fourth-order valence-electron chi connectivity index (χ4n) is 2.43. The summed E-state index contributed by atoms with van der Waals surface area (Å²) in [5.74, 6) is 0.383. The van der Waals surface area contributed by atoms with Gasteiger partial charge in [-0.15, -0.1) is 0 Å². The van der Waals surface area contributed by atoms with Gasteiger partial charge in [0.05, 0.1) is 6.61 Å². The lowest BCUT2D eigenvalue weighted by Gasteiger charge is -2.21. The molecule has 1 aliphatic heterocycles. The highest BCUT2D eigenvalue weighted by Crippen LogP contribution is 2.18. The van der Waals surface area contributed by atoms with Crippen molar-refractivity contribution in [2.24, 2.45) is 0 Å². The van der Waals surface area contributed by atoms with Crippen LogP contribution >= 0.6 is 0 Å². The number of rotatable bonds is 4. The molecule has 0 amide bonds. The van der Waals surface area contributed by atoms with Gasteiger partial charge in [0.2, 0.25) is 0 Å². The average molecular weight is 250 g/mol. The van der Waals surface area contributed by atoms with Crippen molar-refractivity contribution in [3.63, 3.8) is 0 Å². The Kier molecular flexibility index (Phi) is 4.99. The van der Waals surface area contributed by atoms with Crippen LogP contribution in [0.5, 0.6) is 5.75 Å². The van der Waals surface area contributed by atoms with E-state index < -0.39 is 0 Å². The van der Waals surface area contributed by atoms with Crippen LogP contribution in [0.1, 0.15) is 12.0 Å². The first-order valence-corrected chi connectivity index (χ1v) is 6.62. The Labute approximate surface area is 108 Å². The summed E-state index contributed by atoms with van der Waals surface area (Å²) in [5.41, 5.74) is 0.994. The molecule has 2 N–H and O–H groups in total. The number of phenolic OH excluding ortho intramolecular Hbond substituents is 1. The van der Waals surface area contributed by atoms with E-state index in [1.807, 2.05) is 18.2 Å². The predicted octanol–water partition coefficient (Wildman–Crippen LogP) is 0.892. The monoisotopic (exact) mass is 250 g/mol. The number of phenols is 1. The molecule has 1 saturated heterocycles. The topological polar surface area (TPSA) is 46.9 Å². The van der Waals surface area contributed by atoms with Crippen molar-refractivity contribution in [3.8, 4) is 5.75 Å². The van der Waals surface area contributed by atoms with Crippen molar-refractivity contribution in [2.75, 3.05) is 39.3 Å². The fraction of sp³-hybridized carbons (Fsp3) is 0.571. The van der Waals surface area contributed by atoms with Crippen LogP contribution in [0, 0.1) is 0 Å². The van der Waals surface area contributed by atoms with Gasteiger partial charge in [0.1, 0.15) is 5.75 Å². The summed E-state index contributed by atoms with van der Waals surface area (Å²) in [6, 6.07) is 7.53. The van der Waals surface area contributed by atoms with E-state index in [1.54, 1.807) is 6.07 Å². The zero-order valence-corrected chi connectivity index (χ0v) is 10.8. The molecule has 0 spiro atoms. The standard InChI is InChI=1S/C14H22N2O2/c17-11-10-15-6-3-7-16(9-8-15)12-13-4-1-2-5-14(13)18/h1-2,4-5,17-18H,3,6-12H2. The first-order valence-electron chi connectivity index (χ1n) is 6.62. The minimum atomic E-state index is 0.236. The van der Waals surface area contributed by atoms with E-state index in [0.717, 1.165) is 51.3 Å². The molecular formula is C14H22N2O2. The third-order valence-corrected chi connectivity index (χ3v) is 3.48. The van der Waals surface area contributed by atoms with Crippen molar-refractivity contribution in [2.45, 2.75) is 13.0 Å².